The zero-order chi connectivity index (χ0) is 23.5. The number of carbonyl (C=O) groups is 2. The van der Waals surface area contributed by atoms with Crippen LogP contribution in [-0.2, 0) is 21.9 Å². The molecule has 0 saturated heterocycles. The summed E-state index contributed by atoms with van der Waals surface area (Å²) >= 11 is 1.58. The molecule has 1 atom stereocenters. The van der Waals surface area contributed by atoms with Gasteiger partial charge in [-0.15, -0.1) is 11.8 Å². The summed E-state index contributed by atoms with van der Waals surface area (Å²) in [6, 6.07) is 13.5. The molecule has 2 amide bonds. The van der Waals surface area contributed by atoms with Crippen LogP contribution in [0, 0.1) is 13.8 Å². The third-order valence-electron chi connectivity index (χ3n) is 5.28. The summed E-state index contributed by atoms with van der Waals surface area (Å²) < 4.78 is 5.23. The van der Waals surface area contributed by atoms with Crippen molar-refractivity contribution in [1.29, 1.82) is 0 Å². The number of amides is 2. The Kier molecular flexibility index (Phi) is 10.6. The Bertz CT molecular complexity index is 863. The van der Waals surface area contributed by atoms with E-state index in [0.717, 1.165) is 29.9 Å². The van der Waals surface area contributed by atoms with E-state index in [-0.39, 0.29) is 11.8 Å². The predicted molar refractivity (Wildman–Crippen MR) is 133 cm³/mol. The van der Waals surface area contributed by atoms with Crippen LogP contribution >= 0.6 is 11.8 Å². The average Bonchev–Trinajstić information content (AvgIpc) is 2.76. The number of hydrogen-bond donors (Lipinski definition) is 1. The SMILES string of the molecule is CCCCNC(=O)C(C)N(Cc1ccc(OC)cc1)C(=O)CSCc1cc(C)cc(C)c1. The number of carbonyl (C=O) groups excluding carboxylic acids is 2. The average molecular weight is 457 g/mol. The first kappa shape index (κ1) is 25.8. The smallest absolute Gasteiger partial charge is 0.242 e. The zero-order valence-electron chi connectivity index (χ0n) is 19.9. The van der Waals surface area contributed by atoms with Crippen molar-refractivity contribution in [1.82, 2.24) is 10.2 Å². The summed E-state index contributed by atoms with van der Waals surface area (Å²) in [6.45, 7) is 9.07. The van der Waals surface area contributed by atoms with Crippen LogP contribution in [0.2, 0.25) is 0 Å². The number of nitrogens with one attached hydrogen (secondary N) is 1. The molecule has 0 aliphatic rings. The summed E-state index contributed by atoms with van der Waals surface area (Å²) in [4.78, 5) is 27.5. The fourth-order valence-electron chi connectivity index (χ4n) is 3.54. The third kappa shape index (κ3) is 8.23. The molecule has 0 saturated carbocycles. The summed E-state index contributed by atoms with van der Waals surface area (Å²) in [6.07, 6.45) is 1.94. The van der Waals surface area contributed by atoms with Gasteiger partial charge in [0.25, 0.3) is 0 Å². The van der Waals surface area contributed by atoms with Gasteiger partial charge in [0.2, 0.25) is 11.8 Å². The number of rotatable bonds is 12. The molecule has 0 spiro atoms. The number of aryl methyl sites for hydroxylation is 2. The van der Waals surface area contributed by atoms with Gasteiger partial charge in [-0.25, -0.2) is 0 Å². The molecule has 2 aromatic rings. The van der Waals surface area contributed by atoms with Gasteiger partial charge in [-0.3, -0.25) is 9.59 Å². The van der Waals surface area contributed by atoms with Gasteiger partial charge in [0.05, 0.1) is 12.9 Å². The third-order valence-corrected chi connectivity index (χ3v) is 6.27. The second-order valence-electron chi connectivity index (χ2n) is 8.18. The summed E-state index contributed by atoms with van der Waals surface area (Å²) in [5.74, 6) is 1.71. The van der Waals surface area contributed by atoms with Gasteiger partial charge in [-0.2, -0.15) is 0 Å². The van der Waals surface area contributed by atoms with E-state index in [2.05, 4.69) is 44.3 Å². The highest BCUT2D eigenvalue weighted by Crippen LogP contribution is 2.19. The summed E-state index contributed by atoms with van der Waals surface area (Å²) in [7, 11) is 1.63. The van der Waals surface area contributed by atoms with Crippen LogP contribution in [0.25, 0.3) is 0 Å². The van der Waals surface area contributed by atoms with E-state index >= 15 is 0 Å². The van der Waals surface area contributed by atoms with E-state index in [9.17, 15) is 9.59 Å². The molecule has 0 aromatic heterocycles. The molecule has 2 rings (SSSR count). The predicted octanol–water partition coefficient (Wildman–Crippen LogP) is 4.88. The fraction of sp³-hybridized carbons (Fsp3) is 0.462. The van der Waals surface area contributed by atoms with Gasteiger partial charge in [-0.1, -0.05) is 54.8 Å². The van der Waals surface area contributed by atoms with Gasteiger partial charge >= 0.3 is 0 Å². The summed E-state index contributed by atoms with van der Waals surface area (Å²) in [5, 5.41) is 2.96. The minimum atomic E-state index is -0.539. The molecular weight excluding hydrogens is 420 g/mol. The fourth-order valence-corrected chi connectivity index (χ4v) is 4.38. The number of thioether (sulfide) groups is 1. The first-order chi connectivity index (χ1) is 15.3. The van der Waals surface area contributed by atoms with E-state index in [1.54, 1.807) is 30.7 Å². The second kappa shape index (κ2) is 13.2. The Morgan fingerprint density at radius 2 is 1.72 bits per heavy atom. The number of nitrogens with zero attached hydrogens (tertiary/aromatic N) is 1. The van der Waals surface area contributed by atoms with Crippen LogP contribution in [0.15, 0.2) is 42.5 Å². The number of benzene rings is 2. The van der Waals surface area contributed by atoms with E-state index < -0.39 is 6.04 Å². The molecule has 5 nitrogen and oxygen atoms in total. The molecule has 6 heteroatoms. The molecule has 1 unspecified atom stereocenters. The lowest BCUT2D eigenvalue weighted by molar-refractivity contribution is -0.138. The Balaban J connectivity index is 2.06. The Hall–Kier alpha value is -2.47. The maximum absolute atomic E-state index is 13.2. The van der Waals surface area contributed by atoms with E-state index in [0.29, 0.717) is 18.8 Å². The monoisotopic (exact) mass is 456 g/mol. The van der Waals surface area contributed by atoms with E-state index in [4.69, 9.17) is 4.74 Å². The Labute approximate surface area is 196 Å². The Morgan fingerprint density at radius 3 is 2.31 bits per heavy atom. The Morgan fingerprint density at radius 1 is 1.06 bits per heavy atom. The van der Waals surface area contributed by atoms with E-state index in [1.165, 1.54) is 16.7 Å². The van der Waals surface area contributed by atoms with Crippen molar-refractivity contribution < 1.29 is 14.3 Å². The lowest BCUT2D eigenvalue weighted by atomic mass is 10.1. The van der Waals surface area contributed by atoms with Gasteiger partial charge in [-0.05, 0) is 50.5 Å². The molecule has 174 valence electrons. The van der Waals surface area contributed by atoms with E-state index in [1.807, 2.05) is 24.3 Å². The molecule has 0 radical (unpaired) electrons. The van der Waals surface area contributed by atoms with Crippen molar-refractivity contribution in [3.63, 3.8) is 0 Å². The van der Waals surface area contributed by atoms with Crippen molar-refractivity contribution in [2.24, 2.45) is 0 Å². The first-order valence-corrected chi connectivity index (χ1v) is 12.3. The zero-order valence-corrected chi connectivity index (χ0v) is 20.8. The maximum atomic E-state index is 13.2. The van der Waals surface area contributed by atoms with Crippen molar-refractivity contribution in [2.75, 3.05) is 19.4 Å². The number of ether oxygens (including phenoxy) is 1. The molecule has 0 aliphatic heterocycles. The highest BCUT2D eigenvalue weighted by molar-refractivity contribution is 7.99. The molecule has 0 bridgehead atoms. The first-order valence-electron chi connectivity index (χ1n) is 11.2. The van der Waals surface area contributed by atoms with Crippen LogP contribution in [0.3, 0.4) is 0 Å². The molecule has 32 heavy (non-hydrogen) atoms. The second-order valence-corrected chi connectivity index (χ2v) is 9.16. The highest BCUT2D eigenvalue weighted by atomic mass is 32.2. The molecule has 1 N–H and O–H groups in total. The van der Waals surface area contributed by atoms with Crippen molar-refractivity contribution >= 4 is 23.6 Å². The molecule has 0 heterocycles. The highest BCUT2D eigenvalue weighted by Gasteiger charge is 2.25. The van der Waals surface area contributed by atoms with Gasteiger partial charge in [0.15, 0.2) is 0 Å². The van der Waals surface area contributed by atoms with Crippen LogP contribution in [0.5, 0.6) is 5.75 Å². The number of hydrogen-bond acceptors (Lipinski definition) is 4. The van der Waals surface area contributed by atoms with Crippen molar-refractivity contribution in [2.45, 2.75) is 58.9 Å². The van der Waals surface area contributed by atoms with Crippen LogP contribution in [0.1, 0.15) is 48.9 Å². The quantitative estimate of drug-likeness (QED) is 0.463. The largest absolute Gasteiger partial charge is 0.497 e. The topological polar surface area (TPSA) is 58.6 Å². The van der Waals surface area contributed by atoms with Crippen LogP contribution < -0.4 is 10.1 Å². The number of methoxy groups -OCH3 is 1. The minimum absolute atomic E-state index is 0.0339. The lowest BCUT2D eigenvalue weighted by Gasteiger charge is -2.29. The van der Waals surface area contributed by atoms with Crippen molar-refractivity contribution in [3.05, 3.63) is 64.7 Å². The van der Waals surface area contributed by atoms with Gasteiger partial charge in [0.1, 0.15) is 11.8 Å². The molecule has 0 fully saturated rings. The van der Waals surface area contributed by atoms with Crippen LogP contribution in [0.4, 0.5) is 0 Å². The van der Waals surface area contributed by atoms with Gasteiger partial charge in [0, 0.05) is 18.8 Å². The molecular formula is C26H36N2O3S. The van der Waals surface area contributed by atoms with Gasteiger partial charge < -0.3 is 15.0 Å². The van der Waals surface area contributed by atoms with Crippen LogP contribution in [-0.4, -0.2) is 42.2 Å². The normalized spacial score (nSPS) is 11.7. The summed E-state index contributed by atoms with van der Waals surface area (Å²) in [5.41, 5.74) is 4.63. The molecule has 2 aromatic carbocycles. The maximum Gasteiger partial charge on any atom is 0.242 e. The minimum Gasteiger partial charge on any atom is -0.497 e. The molecule has 0 aliphatic carbocycles. The standard InChI is InChI=1S/C26H36N2O3S/c1-6-7-12-27-26(30)21(4)28(16-22-8-10-24(31-5)11-9-22)25(29)18-32-17-23-14-19(2)13-20(3)15-23/h8-11,13-15,21H,6-7,12,16-18H2,1-5H3,(H,27,30). The lowest BCUT2D eigenvalue weighted by Crippen LogP contribution is -2.48. The number of unbranched alkanes of at least 4 members (excludes halogenated alkanes) is 1. The van der Waals surface area contributed by atoms with Crippen molar-refractivity contribution in [3.8, 4) is 5.75 Å².